The first kappa shape index (κ1) is 24.6. The average molecular weight is 477 g/mol. The van der Waals surface area contributed by atoms with Crippen molar-refractivity contribution in [2.24, 2.45) is 0 Å². The number of benzene rings is 2. The predicted octanol–water partition coefficient (Wildman–Crippen LogP) is 1.82. The minimum Gasteiger partial charge on any atom is -0.494 e. The molecule has 0 fully saturated rings. The monoisotopic (exact) mass is 476 g/mol. The van der Waals surface area contributed by atoms with Crippen LogP contribution in [-0.2, 0) is 9.59 Å². The topological polar surface area (TPSA) is 125 Å². The Morgan fingerprint density at radius 2 is 1.00 bits per heavy atom. The second-order valence-corrected chi connectivity index (χ2v) is 6.80. The molecule has 0 atom stereocenters. The van der Waals surface area contributed by atoms with Crippen molar-refractivity contribution >= 4 is 57.8 Å². The van der Waals surface area contributed by atoms with Crippen LogP contribution in [-0.4, -0.2) is 35.3 Å². The molecule has 32 heavy (non-hydrogen) atoms. The molecule has 0 bridgehead atoms. The van der Waals surface area contributed by atoms with Crippen molar-refractivity contribution < 1.29 is 19.1 Å². The Morgan fingerprint density at radius 1 is 0.656 bits per heavy atom. The van der Waals surface area contributed by atoms with Crippen molar-refractivity contribution in [1.29, 1.82) is 0 Å². The smallest absolute Gasteiger partial charge is 0.329 e. The van der Waals surface area contributed by atoms with Gasteiger partial charge in [-0.25, -0.2) is 0 Å². The van der Waals surface area contributed by atoms with Crippen LogP contribution in [0.2, 0.25) is 0 Å². The molecule has 0 saturated carbocycles. The largest absolute Gasteiger partial charge is 0.494 e. The molecule has 10 nitrogen and oxygen atoms in total. The number of nitrogens with one attached hydrogen (secondary N) is 6. The van der Waals surface area contributed by atoms with Gasteiger partial charge in [0.2, 0.25) is 0 Å². The van der Waals surface area contributed by atoms with Crippen LogP contribution < -0.4 is 41.8 Å². The highest BCUT2D eigenvalue weighted by molar-refractivity contribution is 7.80. The lowest BCUT2D eigenvalue weighted by atomic mass is 10.3. The molecule has 12 heteroatoms. The van der Waals surface area contributed by atoms with Gasteiger partial charge in [-0.1, -0.05) is 0 Å². The number of hydrogen-bond donors (Lipinski definition) is 6. The minimum atomic E-state index is -0.975. The molecule has 0 saturated heterocycles. The van der Waals surface area contributed by atoms with Gasteiger partial charge in [-0.3, -0.25) is 31.3 Å². The first-order valence-electron chi connectivity index (χ1n) is 9.61. The summed E-state index contributed by atoms with van der Waals surface area (Å²) in [6.07, 6.45) is 0. The fourth-order valence-electron chi connectivity index (χ4n) is 2.27. The summed E-state index contributed by atoms with van der Waals surface area (Å²) in [5.41, 5.74) is 10.6. The fourth-order valence-corrected chi connectivity index (χ4v) is 2.61. The van der Waals surface area contributed by atoms with Crippen LogP contribution in [0, 0.1) is 0 Å². The number of hydrogen-bond acceptors (Lipinski definition) is 6. The van der Waals surface area contributed by atoms with E-state index in [1.54, 1.807) is 48.5 Å². The van der Waals surface area contributed by atoms with E-state index in [-0.39, 0.29) is 10.2 Å². The minimum absolute atomic E-state index is 0.0935. The third-order valence-corrected chi connectivity index (χ3v) is 4.04. The van der Waals surface area contributed by atoms with Gasteiger partial charge in [0, 0.05) is 11.4 Å². The van der Waals surface area contributed by atoms with Crippen molar-refractivity contribution in [3.05, 3.63) is 48.5 Å². The molecule has 0 unspecified atom stereocenters. The summed E-state index contributed by atoms with van der Waals surface area (Å²) in [4.78, 5) is 23.8. The molecular formula is C20H24N6O4S2. The number of carbonyl (C=O) groups is 2. The highest BCUT2D eigenvalue weighted by Crippen LogP contribution is 2.16. The molecule has 170 valence electrons. The van der Waals surface area contributed by atoms with E-state index in [0.717, 1.165) is 11.5 Å². The Labute approximate surface area is 196 Å². The lowest BCUT2D eigenvalue weighted by molar-refractivity contribution is -0.139. The third kappa shape index (κ3) is 8.62. The summed E-state index contributed by atoms with van der Waals surface area (Å²) in [6.45, 7) is 4.92. The van der Waals surface area contributed by atoms with Gasteiger partial charge in [0.15, 0.2) is 10.2 Å². The van der Waals surface area contributed by atoms with Gasteiger partial charge in [-0.05, 0) is 86.8 Å². The van der Waals surface area contributed by atoms with Gasteiger partial charge >= 0.3 is 11.8 Å². The summed E-state index contributed by atoms with van der Waals surface area (Å²) < 4.78 is 10.7. The van der Waals surface area contributed by atoms with E-state index in [0.29, 0.717) is 24.6 Å². The molecule has 6 N–H and O–H groups in total. The van der Waals surface area contributed by atoms with Crippen LogP contribution in [0.1, 0.15) is 13.8 Å². The van der Waals surface area contributed by atoms with Gasteiger partial charge in [0.1, 0.15) is 11.5 Å². The zero-order valence-electron chi connectivity index (χ0n) is 17.5. The molecule has 0 spiro atoms. The van der Waals surface area contributed by atoms with Gasteiger partial charge in [-0.15, -0.1) is 0 Å². The first-order valence-corrected chi connectivity index (χ1v) is 10.4. The zero-order valence-corrected chi connectivity index (χ0v) is 19.1. The maximum atomic E-state index is 11.9. The molecule has 2 amide bonds. The van der Waals surface area contributed by atoms with Crippen molar-refractivity contribution in [2.45, 2.75) is 13.8 Å². The number of amides is 2. The van der Waals surface area contributed by atoms with Crippen LogP contribution in [0.4, 0.5) is 11.4 Å². The number of thiocarbonyl (C=S) groups is 2. The van der Waals surface area contributed by atoms with E-state index in [1.807, 2.05) is 13.8 Å². The second kappa shape index (κ2) is 12.9. The summed E-state index contributed by atoms with van der Waals surface area (Å²) in [5, 5.41) is 5.90. The van der Waals surface area contributed by atoms with E-state index in [9.17, 15) is 9.59 Å². The fraction of sp³-hybridized carbons (Fsp3) is 0.200. The van der Waals surface area contributed by atoms with Crippen LogP contribution in [0.3, 0.4) is 0 Å². The highest BCUT2D eigenvalue weighted by atomic mass is 32.1. The van der Waals surface area contributed by atoms with E-state index >= 15 is 0 Å². The van der Waals surface area contributed by atoms with Crippen molar-refractivity contribution in [2.75, 3.05) is 23.8 Å². The molecule has 0 aliphatic rings. The summed E-state index contributed by atoms with van der Waals surface area (Å²) in [5.74, 6) is -0.497. The Balaban J connectivity index is 1.68. The molecule has 0 radical (unpaired) electrons. The Kier molecular flexibility index (Phi) is 9.94. The Hall–Kier alpha value is -3.64. The SMILES string of the molecule is CCOc1ccc(NC(=S)NNC(=O)C(=O)NNC(=S)Nc2ccc(OCC)cc2)cc1. The standard InChI is InChI=1S/C20H24N6O4S2/c1-3-29-15-9-5-13(6-10-15)21-19(31)25-23-17(27)18(28)24-26-20(32)22-14-7-11-16(12-8-14)30-4-2/h5-12H,3-4H2,1-2H3,(H,23,27)(H,24,28)(H2,21,25,31)(H2,22,26,32). The molecule has 0 aliphatic heterocycles. The molecule has 0 aromatic heterocycles. The van der Waals surface area contributed by atoms with Crippen LogP contribution >= 0.6 is 24.4 Å². The summed E-state index contributed by atoms with van der Waals surface area (Å²) in [7, 11) is 0. The lowest BCUT2D eigenvalue weighted by Gasteiger charge is -2.13. The maximum absolute atomic E-state index is 11.9. The van der Waals surface area contributed by atoms with E-state index in [1.165, 1.54) is 0 Å². The normalized spacial score (nSPS) is 9.69. The summed E-state index contributed by atoms with van der Waals surface area (Å²) in [6, 6.07) is 14.1. The number of hydrazine groups is 2. The summed E-state index contributed by atoms with van der Waals surface area (Å²) >= 11 is 10.1. The van der Waals surface area contributed by atoms with Crippen LogP contribution in [0.25, 0.3) is 0 Å². The van der Waals surface area contributed by atoms with E-state index in [2.05, 4.69) is 32.3 Å². The first-order chi connectivity index (χ1) is 15.4. The number of rotatable bonds is 6. The third-order valence-electron chi connectivity index (χ3n) is 3.63. The molecule has 2 rings (SSSR count). The maximum Gasteiger partial charge on any atom is 0.329 e. The van der Waals surface area contributed by atoms with E-state index < -0.39 is 11.8 Å². The molecule has 0 aliphatic carbocycles. The van der Waals surface area contributed by atoms with Crippen molar-refractivity contribution in [1.82, 2.24) is 21.7 Å². The van der Waals surface area contributed by atoms with E-state index in [4.69, 9.17) is 33.9 Å². The van der Waals surface area contributed by atoms with Crippen LogP contribution in [0.5, 0.6) is 11.5 Å². The van der Waals surface area contributed by atoms with Gasteiger partial charge in [0.25, 0.3) is 0 Å². The number of carbonyl (C=O) groups excluding carboxylic acids is 2. The molecule has 2 aromatic carbocycles. The Bertz CT molecular complexity index is 861. The number of anilines is 2. The van der Waals surface area contributed by atoms with Gasteiger partial charge in [-0.2, -0.15) is 0 Å². The zero-order chi connectivity index (χ0) is 23.3. The van der Waals surface area contributed by atoms with Crippen molar-refractivity contribution in [3.8, 4) is 11.5 Å². The predicted molar refractivity (Wildman–Crippen MR) is 130 cm³/mol. The lowest BCUT2D eigenvalue weighted by Crippen LogP contribution is -2.53. The van der Waals surface area contributed by atoms with Crippen LogP contribution in [0.15, 0.2) is 48.5 Å². The number of ether oxygens (including phenoxy) is 2. The molecule has 0 heterocycles. The van der Waals surface area contributed by atoms with Crippen molar-refractivity contribution in [3.63, 3.8) is 0 Å². The quantitative estimate of drug-likeness (QED) is 0.209. The van der Waals surface area contributed by atoms with Gasteiger partial charge in [0.05, 0.1) is 13.2 Å². The highest BCUT2D eigenvalue weighted by Gasteiger charge is 2.13. The Morgan fingerprint density at radius 3 is 1.31 bits per heavy atom. The average Bonchev–Trinajstić information content (AvgIpc) is 2.79. The van der Waals surface area contributed by atoms with Gasteiger partial charge < -0.3 is 20.1 Å². The second-order valence-electron chi connectivity index (χ2n) is 5.98. The molecule has 2 aromatic rings. The molecular weight excluding hydrogens is 452 g/mol.